The molecule has 0 saturated carbocycles. The standard InChI is InChI=1S/C13H17NO2/c1-15-10-4-2-9-3-5-12-13(11(9)8-10)16-7-6-14-12/h2,4,8,12-14H,3,5-7H2,1H3/t12-,13+/m1/s1. The predicted octanol–water partition coefficient (Wildman–Crippen LogP) is 1.67. The van der Waals surface area contributed by atoms with E-state index >= 15 is 0 Å². The molecule has 1 saturated heterocycles. The zero-order chi connectivity index (χ0) is 11.0. The van der Waals surface area contributed by atoms with Gasteiger partial charge >= 0.3 is 0 Å². The number of fused-ring (bicyclic) bond motifs is 3. The van der Waals surface area contributed by atoms with Gasteiger partial charge in [-0.1, -0.05) is 6.07 Å². The van der Waals surface area contributed by atoms with Crippen molar-refractivity contribution in [3.05, 3.63) is 29.3 Å². The summed E-state index contributed by atoms with van der Waals surface area (Å²) in [5.74, 6) is 0.925. The van der Waals surface area contributed by atoms with E-state index in [1.807, 2.05) is 6.07 Å². The normalized spacial score (nSPS) is 28.1. The van der Waals surface area contributed by atoms with Crippen molar-refractivity contribution in [2.45, 2.75) is 25.0 Å². The lowest BCUT2D eigenvalue weighted by molar-refractivity contribution is -0.0128. The second kappa shape index (κ2) is 4.07. The van der Waals surface area contributed by atoms with Crippen molar-refractivity contribution in [3.63, 3.8) is 0 Å². The van der Waals surface area contributed by atoms with Crippen LogP contribution >= 0.6 is 0 Å². The zero-order valence-electron chi connectivity index (χ0n) is 9.53. The van der Waals surface area contributed by atoms with Gasteiger partial charge in [-0.15, -0.1) is 0 Å². The summed E-state index contributed by atoms with van der Waals surface area (Å²) in [4.78, 5) is 0. The Bertz CT molecular complexity index is 392. The number of benzene rings is 1. The third-order valence-electron chi connectivity index (χ3n) is 3.56. The SMILES string of the molecule is COc1ccc2c(c1)[C@@H]1OCCN[C@@H]1CC2. The van der Waals surface area contributed by atoms with E-state index in [0.29, 0.717) is 6.04 Å². The molecule has 0 aromatic heterocycles. The van der Waals surface area contributed by atoms with Crippen molar-refractivity contribution in [3.8, 4) is 5.75 Å². The number of methoxy groups -OCH3 is 1. The van der Waals surface area contributed by atoms with Crippen LogP contribution in [0.5, 0.6) is 5.75 Å². The first-order valence-corrected chi connectivity index (χ1v) is 5.90. The van der Waals surface area contributed by atoms with Gasteiger partial charge in [-0.2, -0.15) is 0 Å². The van der Waals surface area contributed by atoms with Crippen LogP contribution in [0.2, 0.25) is 0 Å². The summed E-state index contributed by atoms with van der Waals surface area (Å²) in [6, 6.07) is 6.81. The summed E-state index contributed by atoms with van der Waals surface area (Å²) in [6.45, 7) is 1.78. The first-order chi connectivity index (χ1) is 7.88. The Hall–Kier alpha value is -1.06. The third-order valence-corrected chi connectivity index (χ3v) is 3.56. The van der Waals surface area contributed by atoms with Crippen molar-refractivity contribution < 1.29 is 9.47 Å². The molecule has 3 heteroatoms. The lowest BCUT2D eigenvalue weighted by Gasteiger charge is -2.37. The summed E-state index contributed by atoms with van der Waals surface area (Å²) in [5, 5.41) is 3.53. The second-order valence-electron chi connectivity index (χ2n) is 4.46. The number of morpholine rings is 1. The van der Waals surface area contributed by atoms with Gasteiger partial charge in [-0.05, 0) is 36.1 Å². The fourth-order valence-corrected chi connectivity index (χ4v) is 2.72. The molecule has 16 heavy (non-hydrogen) atoms. The molecule has 0 spiro atoms. The van der Waals surface area contributed by atoms with Gasteiger partial charge in [0.1, 0.15) is 5.75 Å². The maximum atomic E-state index is 5.89. The van der Waals surface area contributed by atoms with Crippen LogP contribution < -0.4 is 10.1 Å². The van der Waals surface area contributed by atoms with Gasteiger partial charge in [0.05, 0.1) is 19.8 Å². The molecule has 2 atom stereocenters. The van der Waals surface area contributed by atoms with Gasteiger partial charge in [-0.3, -0.25) is 0 Å². The number of rotatable bonds is 1. The van der Waals surface area contributed by atoms with Crippen LogP contribution in [-0.4, -0.2) is 26.3 Å². The predicted molar refractivity (Wildman–Crippen MR) is 61.8 cm³/mol. The van der Waals surface area contributed by atoms with Gasteiger partial charge in [0, 0.05) is 12.6 Å². The van der Waals surface area contributed by atoms with Gasteiger partial charge in [0.15, 0.2) is 0 Å². The van der Waals surface area contributed by atoms with Gasteiger partial charge < -0.3 is 14.8 Å². The second-order valence-corrected chi connectivity index (χ2v) is 4.46. The van der Waals surface area contributed by atoms with Crippen LogP contribution in [0.4, 0.5) is 0 Å². The highest BCUT2D eigenvalue weighted by molar-refractivity contribution is 5.39. The molecular formula is C13H17NO2. The van der Waals surface area contributed by atoms with E-state index in [1.165, 1.54) is 17.5 Å². The quantitative estimate of drug-likeness (QED) is 0.779. The Morgan fingerprint density at radius 2 is 2.38 bits per heavy atom. The van der Waals surface area contributed by atoms with E-state index < -0.39 is 0 Å². The van der Waals surface area contributed by atoms with E-state index in [1.54, 1.807) is 7.11 Å². The Labute approximate surface area is 95.8 Å². The van der Waals surface area contributed by atoms with E-state index in [-0.39, 0.29) is 6.10 Å². The molecule has 0 bridgehead atoms. The van der Waals surface area contributed by atoms with Crippen LogP contribution in [0.25, 0.3) is 0 Å². The minimum atomic E-state index is 0.215. The van der Waals surface area contributed by atoms with Crippen LogP contribution in [-0.2, 0) is 11.2 Å². The molecule has 1 fully saturated rings. The molecule has 0 amide bonds. The molecule has 3 rings (SSSR count). The Balaban J connectivity index is 1.98. The molecule has 1 N–H and O–H groups in total. The first-order valence-electron chi connectivity index (χ1n) is 5.90. The highest BCUT2D eigenvalue weighted by atomic mass is 16.5. The van der Waals surface area contributed by atoms with Crippen molar-refractivity contribution in [1.82, 2.24) is 5.32 Å². The molecule has 86 valence electrons. The van der Waals surface area contributed by atoms with Gasteiger partial charge in [0.2, 0.25) is 0 Å². The molecule has 1 aliphatic heterocycles. The van der Waals surface area contributed by atoms with Crippen LogP contribution in [0.15, 0.2) is 18.2 Å². The summed E-state index contributed by atoms with van der Waals surface area (Å²) in [6.07, 6.45) is 2.52. The van der Waals surface area contributed by atoms with Crippen molar-refractivity contribution >= 4 is 0 Å². The third kappa shape index (κ3) is 1.60. The molecule has 3 nitrogen and oxygen atoms in total. The lowest BCUT2D eigenvalue weighted by atomic mass is 9.85. The summed E-state index contributed by atoms with van der Waals surface area (Å²) < 4.78 is 11.2. The average molecular weight is 219 g/mol. The molecular weight excluding hydrogens is 202 g/mol. The maximum absolute atomic E-state index is 5.89. The average Bonchev–Trinajstić information content (AvgIpc) is 2.38. The van der Waals surface area contributed by atoms with Crippen LogP contribution in [0.3, 0.4) is 0 Å². The van der Waals surface area contributed by atoms with Crippen molar-refractivity contribution in [1.29, 1.82) is 0 Å². The summed E-state index contributed by atoms with van der Waals surface area (Å²) in [5.41, 5.74) is 2.72. The van der Waals surface area contributed by atoms with E-state index in [2.05, 4.69) is 17.4 Å². The van der Waals surface area contributed by atoms with E-state index in [9.17, 15) is 0 Å². The number of nitrogens with one attached hydrogen (secondary N) is 1. The molecule has 2 aliphatic rings. The molecule has 1 heterocycles. The fraction of sp³-hybridized carbons (Fsp3) is 0.538. The Morgan fingerprint density at radius 1 is 1.44 bits per heavy atom. The largest absolute Gasteiger partial charge is 0.497 e. The first kappa shape index (κ1) is 10.1. The number of aryl methyl sites for hydroxylation is 1. The fourth-order valence-electron chi connectivity index (χ4n) is 2.72. The number of ether oxygens (including phenoxy) is 2. The van der Waals surface area contributed by atoms with Gasteiger partial charge in [0.25, 0.3) is 0 Å². The van der Waals surface area contributed by atoms with E-state index in [0.717, 1.165) is 25.3 Å². The van der Waals surface area contributed by atoms with Crippen molar-refractivity contribution in [2.24, 2.45) is 0 Å². The molecule has 0 radical (unpaired) electrons. The monoisotopic (exact) mass is 219 g/mol. The van der Waals surface area contributed by atoms with Crippen LogP contribution in [0.1, 0.15) is 23.7 Å². The minimum absolute atomic E-state index is 0.215. The lowest BCUT2D eigenvalue weighted by Crippen LogP contribution is -2.45. The molecule has 1 aromatic carbocycles. The number of hydrogen-bond acceptors (Lipinski definition) is 3. The molecule has 1 aliphatic carbocycles. The van der Waals surface area contributed by atoms with Gasteiger partial charge in [-0.25, -0.2) is 0 Å². The minimum Gasteiger partial charge on any atom is -0.497 e. The topological polar surface area (TPSA) is 30.5 Å². The van der Waals surface area contributed by atoms with Crippen LogP contribution in [0, 0.1) is 0 Å². The smallest absolute Gasteiger partial charge is 0.119 e. The zero-order valence-corrected chi connectivity index (χ0v) is 9.53. The summed E-state index contributed by atoms with van der Waals surface area (Å²) >= 11 is 0. The van der Waals surface area contributed by atoms with Crippen molar-refractivity contribution in [2.75, 3.05) is 20.3 Å². The Kier molecular flexibility index (Phi) is 2.58. The molecule has 1 aromatic rings. The number of hydrogen-bond donors (Lipinski definition) is 1. The maximum Gasteiger partial charge on any atom is 0.119 e. The highest BCUT2D eigenvalue weighted by Gasteiger charge is 2.32. The summed E-state index contributed by atoms with van der Waals surface area (Å²) in [7, 11) is 1.71. The highest BCUT2D eigenvalue weighted by Crippen LogP contribution is 2.36. The van der Waals surface area contributed by atoms with E-state index in [4.69, 9.17) is 9.47 Å². The molecule has 0 unspecified atom stereocenters. The Morgan fingerprint density at radius 3 is 3.25 bits per heavy atom.